The van der Waals surface area contributed by atoms with Crippen LogP contribution in [0.15, 0.2) is 30.9 Å². The highest BCUT2D eigenvalue weighted by Gasteiger charge is 2.44. The molecule has 3 aliphatic heterocycles. The lowest BCUT2D eigenvalue weighted by Gasteiger charge is -2.47. The minimum absolute atomic E-state index is 0.0105. The van der Waals surface area contributed by atoms with E-state index in [9.17, 15) is 19.5 Å². The number of aromatic hydroxyl groups is 1. The lowest BCUT2D eigenvalue weighted by atomic mass is 9.97. The maximum absolute atomic E-state index is 15.0. The summed E-state index contributed by atoms with van der Waals surface area (Å²) >= 11 is 6.77. The number of likely N-dealkylation sites (N-methyl/N-ethyl adjacent to an activating group) is 1. The molecule has 1 unspecified atom stereocenters. The van der Waals surface area contributed by atoms with E-state index in [1.54, 1.807) is 26.6 Å². The van der Waals surface area contributed by atoms with Crippen molar-refractivity contribution in [3.8, 4) is 22.8 Å². The second-order valence-corrected chi connectivity index (χ2v) is 10.9. The van der Waals surface area contributed by atoms with Crippen molar-refractivity contribution in [3.63, 3.8) is 0 Å². The third-order valence-corrected chi connectivity index (χ3v) is 7.85. The number of nitrogens with zero attached hydrogens (tertiary/aromatic N) is 5. The van der Waals surface area contributed by atoms with Crippen LogP contribution in [0, 0.1) is 5.82 Å². The summed E-state index contributed by atoms with van der Waals surface area (Å²) in [6, 6.07) is 3.34. The summed E-state index contributed by atoms with van der Waals surface area (Å²) in [7, 11) is 1.70. The summed E-state index contributed by atoms with van der Waals surface area (Å²) in [4.78, 5) is 50.4. The van der Waals surface area contributed by atoms with Gasteiger partial charge in [-0.2, -0.15) is 0 Å². The highest BCUT2D eigenvalue weighted by atomic mass is 35.5. The van der Waals surface area contributed by atoms with Gasteiger partial charge in [0.25, 0.3) is 5.91 Å². The predicted octanol–water partition coefficient (Wildman–Crippen LogP) is 2.54. The Balaban J connectivity index is 1.71. The Hall–Kier alpha value is -3.86. The number of aromatic nitrogens is 1. The van der Waals surface area contributed by atoms with Crippen LogP contribution in [0.5, 0.6) is 11.5 Å². The van der Waals surface area contributed by atoms with Crippen molar-refractivity contribution < 1.29 is 28.6 Å². The summed E-state index contributed by atoms with van der Waals surface area (Å²) in [5, 5.41) is 10.4. The number of benzene rings is 1. The number of amides is 3. The third kappa shape index (κ3) is 4.44. The first-order valence-electron chi connectivity index (χ1n) is 12.5. The number of hydrogen-bond donors (Lipinski definition) is 1. The summed E-state index contributed by atoms with van der Waals surface area (Å²) in [5.41, 5.74) is -0.978. The Kier molecular flexibility index (Phi) is 6.66. The van der Waals surface area contributed by atoms with Crippen LogP contribution in [-0.4, -0.2) is 100 Å². The van der Waals surface area contributed by atoms with E-state index < -0.39 is 23.3 Å². The van der Waals surface area contributed by atoms with E-state index in [0.29, 0.717) is 13.1 Å². The maximum Gasteiger partial charge on any atom is 0.261 e. The zero-order valence-corrected chi connectivity index (χ0v) is 22.7. The molecule has 1 aromatic heterocycles. The average Bonchev–Trinajstić information content (AvgIpc) is 3.03. The fourth-order valence-corrected chi connectivity index (χ4v) is 5.76. The molecule has 2 fully saturated rings. The van der Waals surface area contributed by atoms with Crippen LogP contribution in [0.1, 0.15) is 24.2 Å². The monoisotopic (exact) mass is 557 g/mol. The van der Waals surface area contributed by atoms with Crippen LogP contribution in [0.3, 0.4) is 0 Å². The molecule has 0 saturated carbocycles. The van der Waals surface area contributed by atoms with E-state index in [-0.39, 0.29) is 77.2 Å². The summed E-state index contributed by atoms with van der Waals surface area (Å²) in [6.45, 7) is 8.38. The molecule has 4 heterocycles. The molecule has 0 spiro atoms. The van der Waals surface area contributed by atoms with Crippen LogP contribution in [0.2, 0.25) is 5.02 Å². The normalized spacial score (nSPS) is 20.7. The number of halogens is 2. The molecule has 1 N–H and O–H groups in total. The van der Waals surface area contributed by atoms with Crippen molar-refractivity contribution >= 4 is 35.1 Å². The fraction of sp³-hybridized carbons (Fsp3) is 0.407. The Bertz CT molecular complexity index is 1380. The van der Waals surface area contributed by atoms with Gasteiger partial charge in [0.05, 0.1) is 23.7 Å². The van der Waals surface area contributed by atoms with Gasteiger partial charge in [-0.3, -0.25) is 14.4 Å². The smallest absolute Gasteiger partial charge is 0.261 e. The van der Waals surface area contributed by atoms with Gasteiger partial charge < -0.3 is 29.4 Å². The molecule has 0 bridgehead atoms. The lowest BCUT2D eigenvalue weighted by Crippen LogP contribution is -2.61. The number of phenols is 1. The Morgan fingerprint density at radius 3 is 2.72 bits per heavy atom. The highest BCUT2D eigenvalue weighted by molar-refractivity contribution is 6.35. The summed E-state index contributed by atoms with van der Waals surface area (Å²) in [6.07, 6.45) is 1.22. The van der Waals surface area contributed by atoms with Gasteiger partial charge in [-0.1, -0.05) is 24.2 Å². The van der Waals surface area contributed by atoms with Crippen LogP contribution in [0.25, 0.3) is 11.3 Å². The Labute approximate surface area is 230 Å². The molecular weight excluding hydrogens is 529 g/mol. The van der Waals surface area contributed by atoms with Crippen molar-refractivity contribution in [1.29, 1.82) is 0 Å². The number of ether oxygens (including phenoxy) is 1. The van der Waals surface area contributed by atoms with Crippen molar-refractivity contribution in [2.75, 3.05) is 51.3 Å². The molecule has 206 valence electrons. The van der Waals surface area contributed by atoms with Crippen molar-refractivity contribution in [2.24, 2.45) is 0 Å². The number of hydrogen-bond acceptors (Lipinski definition) is 7. The standard InChI is InChI=1S/C27H29ClFN5O5/c1-5-18(36)32-9-10-33-15(11-32)13-39-24-21(26(33)38)25(34-12-19(37)31(4)14-27(34,2)3)30-23(22(24)28)20-16(29)7-6-8-17(20)35/h5-8,15,35H,1,9-14H2,2-4H3. The molecule has 2 aromatic rings. The van der Waals surface area contributed by atoms with Crippen LogP contribution in [0.4, 0.5) is 10.2 Å². The number of phenolic OH excluding ortho intramolecular Hbond substituents is 1. The first-order chi connectivity index (χ1) is 18.4. The lowest BCUT2D eigenvalue weighted by molar-refractivity contribution is -0.131. The number of pyridine rings is 1. The topological polar surface area (TPSA) is 107 Å². The van der Waals surface area contributed by atoms with Crippen LogP contribution in [-0.2, 0) is 9.59 Å². The number of rotatable bonds is 3. The van der Waals surface area contributed by atoms with Crippen molar-refractivity contribution in [3.05, 3.63) is 47.3 Å². The van der Waals surface area contributed by atoms with Gasteiger partial charge in [-0.15, -0.1) is 0 Å². The molecule has 10 nitrogen and oxygen atoms in total. The minimum atomic E-state index is -0.764. The van der Waals surface area contributed by atoms with E-state index in [4.69, 9.17) is 16.3 Å². The third-order valence-electron chi connectivity index (χ3n) is 7.50. The fourth-order valence-electron chi connectivity index (χ4n) is 5.47. The molecule has 0 radical (unpaired) electrons. The molecule has 3 amide bonds. The number of fused-ring (bicyclic) bond motifs is 2. The Morgan fingerprint density at radius 1 is 1.28 bits per heavy atom. The molecule has 12 heteroatoms. The number of piperazine rings is 2. The van der Waals surface area contributed by atoms with Gasteiger partial charge in [-0.05, 0) is 32.1 Å². The zero-order valence-electron chi connectivity index (χ0n) is 21.9. The molecule has 0 aliphatic carbocycles. The first kappa shape index (κ1) is 26.7. The van der Waals surface area contributed by atoms with E-state index >= 15 is 4.39 Å². The second kappa shape index (κ2) is 9.71. The van der Waals surface area contributed by atoms with Crippen molar-refractivity contribution in [2.45, 2.75) is 25.4 Å². The quantitative estimate of drug-likeness (QED) is 0.578. The molecule has 1 atom stereocenters. The summed E-state index contributed by atoms with van der Waals surface area (Å²) in [5.74, 6) is -1.92. The molecule has 5 rings (SSSR count). The van der Waals surface area contributed by atoms with Gasteiger partial charge in [0.1, 0.15) is 40.3 Å². The van der Waals surface area contributed by atoms with E-state index in [1.807, 2.05) is 13.8 Å². The second-order valence-electron chi connectivity index (χ2n) is 10.5. The van der Waals surface area contributed by atoms with Gasteiger partial charge in [0, 0.05) is 33.2 Å². The molecule has 2 saturated heterocycles. The number of anilines is 1. The zero-order chi connectivity index (χ0) is 28.2. The predicted molar refractivity (Wildman–Crippen MR) is 142 cm³/mol. The summed E-state index contributed by atoms with van der Waals surface area (Å²) < 4.78 is 21.2. The molecule has 3 aliphatic rings. The van der Waals surface area contributed by atoms with E-state index in [0.717, 1.165) is 0 Å². The van der Waals surface area contributed by atoms with Crippen molar-refractivity contribution in [1.82, 2.24) is 19.7 Å². The Morgan fingerprint density at radius 2 is 2.03 bits per heavy atom. The van der Waals surface area contributed by atoms with Crippen LogP contribution >= 0.6 is 11.6 Å². The molecule has 39 heavy (non-hydrogen) atoms. The maximum atomic E-state index is 15.0. The molecule has 1 aromatic carbocycles. The van der Waals surface area contributed by atoms with Gasteiger partial charge in [0.2, 0.25) is 11.8 Å². The number of carbonyl (C=O) groups is 3. The van der Waals surface area contributed by atoms with E-state index in [1.165, 1.54) is 24.3 Å². The van der Waals surface area contributed by atoms with Gasteiger partial charge in [0.15, 0.2) is 5.75 Å². The largest absolute Gasteiger partial charge is 0.507 e. The number of carbonyl (C=O) groups excluding carboxylic acids is 3. The minimum Gasteiger partial charge on any atom is -0.507 e. The average molecular weight is 558 g/mol. The van der Waals surface area contributed by atoms with Gasteiger partial charge in [-0.25, -0.2) is 9.37 Å². The highest BCUT2D eigenvalue weighted by Crippen LogP contribution is 2.47. The molecular formula is C27H29ClFN5O5. The van der Waals surface area contributed by atoms with Gasteiger partial charge >= 0.3 is 0 Å². The SMILES string of the molecule is C=CC(=O)N1CCN2C(=O)c3c(N4CC(=O)N(C)CC4(C)C)nc(-c4c(O)cccc4F)c(Cl)c3OCC2C1. The first-order valence-corrected chi connectivity index (χ1v) is 12.9. The van der Waals surface area contributed by atoms with Crippen LogP contribution < -0.4 is 9.64 Å². The van der Waals surface area contributed by atoms with E-state index in [2.05, 4.69) is 11.6 Å².